The van der Waals surface area contributed by atoms with Gasteiger partial charge in [0.2, 0.25) is 5.91 Å². The number of benzene rings is 1. The van der Waals surface area contributed by atoms with Gasteiger partial charge in [0.1, 0.15) is 34.7 Å². The van der Waals surface area contributed by atoms with Crippen LogP contribution in [0.5, 0.6) is 5.75 Å². The summed E-state index contributed by atoms with van der Waals surface area (Å²) < 4.78 is 28.8. The number of halogens is 1. The number of aliphatic hydroxyl groups is 2. The Hall–Kier alpha value is -3.16. The third-order valence-electron chi connectivity index (χ3n) is 8.90. The van der Waals surface area contributed by atoms with Crippen molar-refractivity contribution in [2.24, 2.45) is 11.8 Å². The third-order valence-corrected chi connectivity index (χ3v) is 9.28. The van der Waals surface area contributed by atoms with Crippen molar-refractivity contribution in [3.63, 3.8) is 0 Å². The van der Waals surface area contributed by atoms with E-state index < -0.39 is 59.6 Å². The number of esters is 1. The Morgan fingerprint density at radius 1 is 1.26 bits per heavy atom. The molecule has 3 aliphatic rings. The van der Waals surface area contributed by atoms with E-state index in [1.807, 2.05) is 20.8 Å². The van der Waals surface area contributed by atoms with Crippen LogP contribution in [0.1, 0.15) is 52.5 Å². The van der Waals surface area contributed by atoms with Gasteiger partial charge in [-0.05, 0) is 42.5 Å². The van der Waals surface area contributed by atoms with Crippen LogP contribution in [0.2, 0.25) is 5.02 Å². The maximum absolute atomic E-state index is 13.9. The van der Waals surface area contributed by atoms with E-state index in [1.54, 1.807) is 44.3 Å². The number of carbonyl (C=O) groups excluding carboxylic acids is 3. The van der Waals surface area contributed by atoms with Crippen molar-refractivity contribution in [2.45, 2.75) is 89.1 Å². The van der Waals surface area contributed by atoms with Crippen LogP contribution in [-0.2, 0) is 35.0 Å². The number of nitrogens with zero attached hydrogens (tertiary/aromatic N) is 1. The molecule has 4 bridgehead atoms. The smallest absolute Gasteiger partial charge is 0.409 e. The molecule has 1 aromatic rings. The summed E-state index contributed by atoms with van der Waals surface area (Å²) in [5.41, 5.74) is -1.24. The number of allylic oxidation sites excluding steroid dienone is 2. The molecule has 0 spiro atoms. The zero-order valence-corrected chi connectivity index (χ0v) is 28.1. The van der Waals surface area contributed by atoms with Crippen molar-refractivity contribution in [1.29, 1.82) is 0 Å². The predicted octanol–water partition coefficient (Wildman–Crippen LogP) is 3.69. The maximum atomic E-state index is 13.9. The average molecular weight is 665 g/mol. The van der Waals surface area contributed by atoms with Crippen molar-refractivity contribution in [1.82, 2.24) is 5.32 Å². The molecule has 3 heterocycles. The number of aliphatic hydroxyl groups excluding tert-OH is 1. The SMILES string of the molecule is COc1cc2cc(c1Cl)N(C)C(=O)C[C@H](OC(=O)CC(C)C)[C@]1(C)O[C@H]1[C@H](C)[C@@H]1C[C@@](O)(NC(=O)O1)[C@H](OC)/C=C/C=C(\CO)C2. The molecule has 0 aliphatic carbocycles. The van der Waals surface area contributed by atoms with E-state index >= 15 is 0 Å². The van der Waals surface area contributed by atoms with E-state index in [2.05, 4.69) is 5.32 Å². The first kappa shape index (κ1) is 35.7. The van der Waals surface area contributed by atoms with Gasteiger partial charge in [-0.2, -0.15) is 0 Å². The number of alkyl carbamates (subject to hydrolysis) is 1. The number of epoxide rings is 1. The molecule has 1 aromatic carbocycles. The zero-order valence-electron chi connectivity index (χ0n) is 27.4. The highest BCUT2D eigenvalue weighted by atomic mass is 35.5. The van der Waals surface area contributed by atoms with Gasteiger partial charge in [-0.15, -0.1) is 0 Å². The highest BCUT2D eigenvalue weighted by Gasteiger charge is 2.64. The van der Waals surface area contributed by atoms with Crippen LogP contribution < -0.4 is 15.0 Å². The minimum atomic E-state index is -1.83. The van der Waals surface area contributed by atoms with Gasteiger partial charge >= 0.3 is 12.1 Å². The molecule has 4 rings (SSSR count). The summed E-state index contributed by atoms with van der Waals surface area (Å²) in [6.07, 6.45) is 0.874. The number of ether oxygens (including phenoxy) is 5. The Labute approximate surface area is 274 Å². The maximum Gasteiger partial charge on any atom is 0.409 e. The van der Waals surface area contributed by atoms with Crippen molar-refractivity contribution >= 4 is 35.3 Å². The summed E-state index contributed by atoms with van der Waals surface area (Å²) in [5, 5.41) is 24.5. The van der Waals surface area contributed by atoms with Gasteiger partial charge in [0, 0.05) is 32.9 Å². The predicted molar refractivity (Wildman–Crippen MR) is 170 cm³/mol. The Morgan fingerprint density at radius 2 is 1.98 bits per heavy atom. The minimum absolute atomic E-state index is 0.0262. The summed E-state index contributed by atoms with van der Waals surface area (Å²) >= 11 is 6.68. The Balaban J connectivity index is 1.80. The highest BCUT2D eigenvalue weighted by Crippen LogP contribution is 2.49. The Kier molecular flexibility index (Phi) is 11.1. The van der Waals surface area contributed by atoms with Gasteiger partial charge in [-0.25, -0.2) is 4.79 Å². The van der Waals surface area contributed by atoms with Crippen LogP contribution in [0.4, 0.5) is 10.5 Å². The van der Waals surface area contributed by atoms with Gasteiger partial charge in [-0.1, -0.05) is 50.6 Å². The molecule has 2 fully saturated rings. The van der Waals surface area contributed by atoms with Gasteiger partial charge in [-0.3, -0.25) is 14.9 Å². The number of rotatable bonds is 6. The molecule has 254 valence electrons. The van der Waals surface area contributed by atoms with Crippen LogP contribution in [0, 0.1) is 11.8 Å². The fourth-order valence-electron chi connectivity index (χ4n) is 6.17. The normalized spacial score (nSPS) is 33.7. The number of carbonyl (C=O) groups is 3. The Bertz CT molecular complexity index is 1380. The summed E-state index contributed by atoms with van der Waals surface area (Å²) in [6.45, 7) is 7.07. The Morgan fingerprint density at radius 3 is 2.61 bits per heavy atom. The highest BCUT2D eigenvalue weighted by molar-refractivity contribution is 6.35. The second-order valence-corrected chi connectivity index (χ2v) is 13.2. The van der Waals surface area contributed by atoms with Crippen molar-refractivity contribution in [2.75, 3.05) is 32.8 Å². The first-order chi connectivity index (χ1) is 21.6. The minimum Gasteiger partial charge on any atom is -0.495 e. The molecule has 2 saturated heterocycles. The summed E-state index contributed by atoms with van der Waals surface area (Å²) in [5.74, 6) is -0.973. The lowest BCUT2D eigenvalue weighted by molar-refractivity contribution is -0.154. The summed E-state index contributed by atoms with van der Waals surface area (Å²) in [4.78, 5) is 40.9. The molecule has 0 unspecified atom stereocenters. The number of hydrogen-bond donors (Lipinski definition) is 3. The number of nitrogens with one attached hydrogen (secondary N) is 1. The van der Waals surface area contributed by atoms with Crippen LogP contribution >= 0.6 is 11.6 Å². The lowest BCUT2D eigenvalue weighted by Crippen LogP contribution is -2.63. The first-order valence-corrected chi connectivity index (χ1v) is 15.7. The second kappa shape index (κ2) is 14.3. The molecule has 7 atom stereocenters. The molecular weight excluding hydrogens is 620 g/mol. The summed E-state index contributed by atoms with van der Waals surface area (Å²) in [6, 6.07) is 3.46. The van der Waals surface area contributed by atoms with Crippen LogP contribution in [-0.4, -0.2) is 91.8 Å². The standard InChI is InChI=1S/C33H45ClN2O10/c1-18(2)11-28(39)45-26-15-27(38)36(5)22-13-21(14-23(42-6)29(22)34)12-20(17-37)9-8-10-25(43-7)33(41)16-24(44-31(40)35-33)19(3)30-32(26,4)46-30/h8-10,13-14,18-19,24-26,30,37,41H,11-12,15-17H2,1-7H3,(H,35,40)/b10-8+,20-9-/t19-,24+,25-,26+,30+,32+,33+/m1/s1. The van der Waals surface area contributed by atoms with E-state index in [-0.39, 0.29) is 43.2 Å². The number of amides is 2. The lowest BCUT2D eigenvalue weighted by atomic mass is 9.83. The molecule has 46 heavy (non-hydrogen) atoms. The molecule has 0 saturated carbocycles. The molecule has 13 heteroatoms. The lowest BCUT2D eigenvalue weighted by Gasteiger charge is -2.42. The third kappa shape index (κ3) is 7.69. The van der Waals surface area contributed by atoms with E-state index in [1.165, 1.54) is 19.1 Å². The van der Waals surface area contributed by atoms with Gasteiger partial charge in [0.25, 0.3) is 0 Å². The summed E-state index contributed by atoms with van der Waals surface area (Å²) in [7, 11) is 4.45. The number of fused-ring (bicyclic) bond motifs is 5. The molecular formula is C33H45ClN2O10. The van der Waals surface area contributed by atoms with Crippen LogP contribution in [0.25, 0.3) is 0 Å². The fraction of sp³-hybridized carbons (Fsp3) is 0.606. The van der Waals surface area contributed by atoms with Crippen LogP contribution in [0.3, 0.4) is 0 Å². The van der Waals surface area contributed by atoms with Gasteiger partial charge in [0.15, 0.2) is 5.72 Å². The van der Waals surface area contributed by atoms with Gasteiger partial charge in [0.05, 0.1) is 31.9 Å². The van der Waals surface area contributed by atoms with Crippen molar-refractivity contribution in [3.05, 3.63) is 46.5 Å². The van der Waals surface area contributed by atoms with E-state index in [9.17, 15) is 24.6 Å². The number of anilines is 1. The molecule has 0 aromatic heterocycles. The number of methoxy groups -OCH3 is 2. The van der Waals surface area contributed by atoms with E-state index in [0.29, 0.717) is 22.6 Å². The average Bonchev–Trinajstić information content (AvgIpc) is 3.69. The van der Waals surface area contributed by atoms with Crippen molar-refractivity contribution < 1.29 is 48.3 Å². The van der Waals surface area contributed by atoms with Crippen LogP contribution in [0.15, 0.2) is 35.9 Å². The quantitative estimate of drug-likeness (QED) is 0.303. The van der Waals surface area contributed by atoms with E-state index in [0.717, 1.165) is 0 Å². The molecule has 3 aliphatic heterocycles. The fourth-order valence-corrected chi connectivity index (χ4v) is 6.48. The van der Waals surface area contributed by atoms with Gasteiger partial charge < -0.3 is 38.8 Å². The first-order valence-electron chi connectivity index (χ1n) is 15.4. The largest absolute Gasteiger partial charge is 0.495 e. The molecule has 3 N–H and O–H groups in total. The van der Waals surface area contributed by atoms with Crippen molar-refractivity contribution in [3.8, 4) is 5.75 Å². The topological polar surface area (TPSA) is 156 Å². The van der Waals surface area contributed by atoms with E-state index in [4.69, 9.17) is 35.3 Å². The zero-order chi connectivity index (χ0) is 34.0. The molecule has 12 nitrogen and oxygen atoms in total. The number of hydrogen-bond acceptors (Lipinski definition) is 10. The monoisotopic (exact) mass is 664 g/mol. The molecule has 2 amide bonds. The molecule has 0 radical (unpaired) electrons. The second-order valence-electron chi connectivity index (χ2n) is 12.8.